The molecule has 3 aromatic rings. The molecule has 26 heavy (non-hydrogen) atoms. The molecule has 0 bridgehead atoms. The van der Waals surface area contributed by atoms with Crippen LogP contribution in [0.4, 0.5) is 0 Å². The summed E-state index contributed by atoms with van der Waals surface area (Å²) in [5.74, 6) is 6.39. The molecule has 0 aliphatic rings. The van der Waals surface area contributed by atoms with Crippen LogP contribution in [0.3, 0.4) is 0 Å². The average molecular weight is 362 g/mol. The Balaban J connectivity index is 1.48. The van der Waals surface area contributed by atoms with Crippen LogP contribution >= 0.6 is 11.3 Å². The van der Waals surface area contributed by atoms with Gasteiger partial charge in [0.2, 0.25) is 0 Å². The number of fused-ring (bicyclic) bond motifs is 1. The Morgan fingerprint density at radius 1 is 1.19 bits per heavy atom. The average Bonchev–Trinajstić information content (AvgIpc) is 3.10. The number of hydrogen-bond donors (Lipinski definition) is 1. The number of nitrogens with one attached hydrogen (secondary N) is 1. The smallest absolute Gasteiger partial charge is 0.281 e. The Hall–Kier alpha value is -3.10. The highest BCUT2D eigenvalue weighted by Crippen LogP contribution is 2.21. The van der Waals surface area contributed by atoms with Gasteiger partial charge in [0.1, 0.15) is 12.4 Å². The van der Waals surface area contributed by atoms with Crippen molar-refractivity contribution in [3.8, 4) is 17.6 Å². The molecule has 1 aromatic heterocycles. The van der Waals surface area contributed by atoms with E-state index in [1.54, 1.807) is 0 Å². The molecule has 0 fully saturated rings. The summed E-state index contributed by atoms with van der Waals surface area (Å²) in [6.07, 6.45) is 2.59. The highest BCUT2D eigenvalue weighted by atomic mass is 32.1. The molecular formula is C21H18N2O2S. The number of allylic oxidation sites excluding steroid dienone is 1. The maximum absolute atomic E-state index is 12.1. The molecule has 1 heterocycles. The minimum Gasteiger partial charge on any atom is -0.481 e. The first-order valence-electron chi connectivity index (χ1n) is 8.19. The molecule has 0 atom stereocenters. The van der Waals surface area contributed by atoms with Crippen LogP contribution in [0.1, 0.15) is 15.4 Å². The van der Waals surface area contributed by atoms with Crippen LogP contribution < -0.4 is 10.1 Å². The molecule has 0 aliphatic carbocycles. The number of thiazole rings is 1. The van der Waals surface area contributed by atoms with Crippen LogP contribution in [-0.2, 0) is 6.42 Å². The van der Waals surface area contributed by atoms with Gasteiger partial charge in [0.15, 0.2) is 5.01 Å². The summed E-state index contributed by atoms with van der Waals surface area (Å²) >= 11 is 1.37. The number of carbonyl (C=O) groups excluding carboxylic acids is 1. The Morgan fingerprint density at radius 2 is 2.00 bits per heavy atom. The van der Waals surface area contributed by atoms with Gasteiger partial charge in [0.25, 0.3) is 5.91 Å². The van der Waals surface area contributed by atoms with Crippen molar-refractivity contribution in [2.24, 2.45) is 0 Å². The molecule has 0 saturated heterocycles. The zero-order chi connectivity index (χ0) is 18.2. The normalized spacial score (nSPS) is 10.0. The third-order valence-corrected chi connectivity index (χ3v) is 4.62. The van der Waals surface area contributed by atoms with Gasteiger partial charge < -0.3 is 10.1 Å². The van der Waals surface area contributed by atoms with Gasteiger partial charge >= 0.3 is 0 Å². The molecule has 1 amide bonds. The van der Waals surface area contributed by atoms with Crippen molar-refractivity contribution < 1.29 is 9.53 Å². The van der Waals surface area contributed by atoms with Gasteiger partial charge in [-0.15, -0.1) is 17.9 Å². The number of carbonyl (C=O) groups is 1. The van der Waals surface area contributed by atoms with Crippen LogP contribution in [-0.4, -0.2) is 24.0 Å². The van der Waals surface area contributed by atoms with E-state index in [4.69, 9.17) is 4.74 Å². The van der Waals surface area contributed by atoms with E-state index in [1.165, 1.54) is 11.3 Å². The van der Waals surface area contributed by atoms with Crippen LogP contribution in [0.2, 0.25) is 0 Å². The maximum Gasteiger partial charge on any atom is 0.281 e. The van der Waals surface area contributed by atoms with Gasteiger partial charge in [-0.2, -0.15) is 0 Å². The first kappa shape index (κ1) is 17.7. The second-order valence-corrected chi connectivity index (χ2v) is 6.44. The largest absolute Gasteiger partial charge is 0.481 e. The van der Waals surface area contributed by atoms with E-state index in [0.717, 1.165) is 28.0 Å². The fraction of sp³-hybridized carbons (Fsp3) is 0.143. The lowest BCUT2D eigenvalue weighted by Gasteiger charge is -2.07. The molecule has 2 aromatic carbocycles. The van der Waals surface area contributed by atoms with Gasteiger partial charge in [-0.1, -0.05) is 48.2 Å². The molecule has 0 radical (unpaired) electrons. The quantitative estimate of drug-likeness (QED) is 0.535. The zero-order valence-corrected chi connectivity index (χ0v) is 15.0. The molecule has 0 saturated carbocycles. The van der Waals surface area contributed by atoms with Gasteiger partial charge in [0.05, 0.1) is 16.8 Å². The van der Waals surface area contributed by atoms with Gasteiger partial charge in [-0.05, 0) is 30.2 Å². The first-order valence-corrected chi connectivity index (χ1v) is 9.00. The van der Waals surface area contributed by atoms with Crippen molar-refractivity contribution >= 4 is 27.5 Å². The summed E-state index contributed by atoms with van der Waals surface area (Å²) in [5, 5.41) is 3.20. The number of rotatable bonds is 6. The van der Waals surface area contributed by atoms with E-state index in [9.17, 15) is 4.79 Å². The number of hydrogen-bond acceptors (Lipinski definition) is 4. The molecule has 3 rings (SSSR count). The number of para-hydroxylation sites is 2. The Labute approximate surface area is 156 Å². The summed E-state index contributed by atoms with van der Waals surface area (Å²) in [4.78, 5) is 16.4. The highest BCUT2D eigenvalue weighted by Gasteiger charge is 2.10. The predicted molar refractivity (Wildman–Crippen MR) is 106 cm³/mol. The summed E-state index contributed by atoms with van der Waals surface area (Å²) in [6, 6.07) is 15.5. The first-order chi connectivity index (χ1) is 12.8. The number of amides is 1. The fourth-order valence-corrected chi connectivity index (χ4v) is 3.25. The van der Waals surface area contributed by atoms with Crippen molar-refractivity contribution in [3.05, 3.63) is 71.8 Å². The van der Waals surface area contributed by atoms with Crippen LogP contribution in [0.5, 0.6) is 5.75 Å². The van der Waals surface area contributed by atoms with E-state index in [-0.39, 0.29) is 19.1 Å². The van der Waals surface area contributed by atoms with Crippen molar-refractivity contribution in [1.29, 1.82) is 0 Å². The van der Waals surface area contributed by atoms with E-state index in [0.29, 0.717) is 5.01 Å². The van der Waals surface area contributed by atoms with E-state index in [2.05, 4.69) is 28.7 Å². The monoisotopic (exact) mass is 362 g/mol. The molecule has 0 unspecified atom stereocenters. The third kappa shape index (κ3) is 4.50. The lowest BCUT2D eigenvalue weighted by atomic mass is 10.1. The number of ether oxygens (including phenoxy) is 1. The van der Waals surface area contributed by atoms with Crippen LogP contribution in [0.15, 0.2) is 61.2 Å². The summed E-state index contributed by atoms with van der Waals surface area (Å²) in [5.41, 5.74) is 1.91. The fourth-order valence-electron chi connectivity index (χ4n) is 2.37. The van der Waals surface area contributed by atoms with Gasteiger partial charge in [-0.3, -0.25) is 4.79 Å². The topological polar surface area (TPSA) is 51.2 Å². The zero-order valence-electron chi connectivity index (χ0n) is 14.2. The number of aromatic nitrogens is 1. The van der Waals surface area contributed by atoms with Gasteiger partial charge in [-0.25, -0.2) is 4.98 Å². The molecule has 1 N–H and O–H groups in total. The molecule has 4 nitrogen and oxygen atoms in total. The lowest BCUT2D eigenvalue weighted by Crippen LogP contribution is -2.23. The number of benzene rings is 2. The standard InChI is InChI=1S/C21H18N2O2S/c1-2-9-16-10-3-5-12-18(16)25-15-8-7-14-22-20(24)21-23-17-11-4-6-13-19(17)26-21/h2-6,10-13H,1,9,14-15H2,(H,22,24). The molecule has 0 aliphatic heterocycles. The van der Waals surface area contributed by atoms with Crippen LogP contribution in [0, 0.1) is 11.8 Å². The van der Waals surface area contributed by atoms with Crippen LogP contribution in [0.25, 0.3) is 10.2 Å². The minimum atomic E-state index is -0.210. The van der Waals surface area contributed by atoms with Crippen molar-refractivity contribution in [1.82, 2.24) is 10.3 Å². The third-order valence-electron chi connectivity index (χ3n) is 3.59. The predicted octanol–water partition coefficient (Wildman–Crippen LogP) is 3.84. The molecule has 0 spiro atoms. The second-order valence-electron chi connectivity index (χ2n) is 5.41. The summed E-state index contributed by atoms with van der Waals surface area (Å²) in [7, 11) is 0. The van der Waals surface area contributed by atoms with Gasteiger partial charge in [0, 0.05) is 0 Å². The maximum atomic E-state index is 12.1. The number of nitrogens with zero attached hydrogens (tertiary/aromatic N) is 1. The minimum absolute atomic E-state index is 0.210. The molecule has 5 heteroatoms. The van der Waals surface area contributed by atoms with E-state index < -0.39 is 0 Å². The van der Waals surface area contributed by atoms with E-state index >= 15 is 0 Å². The Bertz CT molecular complexity index is 949. The summed E-state index contributed by atoms with van der Waals surface area (Å²) < 4.78 is 6.67. The highest BCUT2D eigenvalue weighted by molar-refractivity contribution is 7.20. The van der Waals surface area contributed by atoms with Crippen molar-refractivity contribution in [3.63, 3.8) is 0 Å². The SMILES string of the molecule is C=CCc1ccccc1OCC#CCNC(=O)c1nc2ccccc2s1. The van der Waals surface area contributed by atoms with E-state index in [1.807, 2.05) is 54.6 Å². The Kier molecular flexibility index (Phi) is 6.02. The Morgan fingerprint density at radius 3 is 2.85 bits per heavy atom. The second kappa shape index (κ2) is 8.84. The lowest BCUT2D eigenvalue weighted by molar-refractivity contribution is 0.0958. The summed E-state index contributed by atoms with van der Waals surface area (Å²) in [6.45, 7) is 4.27. The van der Waals surface area contributed by atoms with Crippen molar-refractivity contribution in [2.75, 3.05) is 13.2 Å². The molecule has 130 valence electrons. The van der Waals surface area contributed by atoms with Crippen molar-refractivity contribution in [2.45, 2.75) is 6.42 Å². The molecular weight excluding hydrogens is 344 g/mol.